The smallest absolute Gasteiger partial charge is 0.0713 e. The largest absolute Gasteiger partial charge is 0.311 e. The van der Waals surface area contributed by atoms with Crippen molar-refractivity contribution in [3.63, 3.8) is 0 Å². The quantitative estimate of drug-likeness (QED) is 0.114. The van der Waals surface area contributed by atoms with Crippen LogP contribution < -0.4 is 9.80 Å². The summed E-state index contributed by atoms with van der Waals surface area (Å²) in [5.74, 6) is 0. The average molecular weight is 863 g/mol. The summed E-state index contributed by atoms with van der Waals surface area (Å²) in [6, 6.07) is 69.5. The number of rotatable bonds is 13. The van der Waals surface area contributed by atoms with E-state index in [4.69, 9.17) is 0 Å². The second-order valence-electron chi connectivity index (χ2n) is 19.9. The van der Waals surface area contributed by atoms with E-state index in [9.17, 15) is 0 Å². The molecule has 0 fully saturated rings. The summed E-state index contributed by atoms with van der Waals surface area (Å²) in [7, 11) is 0. The van der Waals surface area contributed by atoms with Crippen LogP contribution in [0.5, 0.6) is 0 Å². The predicted molar refractivity (Wildman–Crippen MR) is 283 cm³/mol. The molecule has 1 aliphatic rings. The first-order valence-electron chi connectivity index (χ1n) is 24.2. The lowest BCUT2D eigenvalue weighted by Crippen LogP contribution is -2.30. The van der Waals surface area contributed by atoms with Crippen LogP contribution in [0.2, 0.25) is 0 Å². The Morgan fingerprint density at radius 2 is 0.636 bits per heavy atom. The molecule has 0 radical (unpaired) electrons. The second kappa shape index (κ2) is 17.6. The lowest BCUT2D eigenvalue weighted by atomic mass is 9.65. The Balaban J connectivity index is 1.31. The summed E-state index contributed by atoms with van der Waals surface area (Å²) in [6.45, 7) is 22.9. The van der Waals surface area contributed by atoms with Gasteiger partial charge in [0.25, 0.3) is 0 Å². The third-order valence-electron chi connectivity index (χ3n) is 15.3. The SMILES string of the molecule is CCC(C)(C)c1ccc2c(c1)C(c1ccc(N(c3ccc(C)cc3)c3ccc(C)cc3)cc1)(c1ccc(N(c3ccc(C)cc3)c3ccc(C)cc3)cc1)c1cc(C(C)(CC)CC)ccc1-2. The van der Waals surface area contributed by atoms with Gasteiger partial charge in [0.1, 0.15) is 0 Å². The van der Waals surface area contributed by atoms with E-state index < -0.39 is 5.41 Å². The molecular formula is C64H66N2. The van der Waals surface area contributed by atoms with Crippen molar-refractivity contribution in [2.75, 3.05) is 9.80 Å². The minimum Gasteiger partial charge on any atom is -0.311 e. The summed E-state index contributed by atoms with van der Waals surface area (Å²) in [4.78, 5) is 4.78. The highest BCUT2D eigenvalue weighted by atomic mass is 15.1. The summed E-state index contributed by atoms with van der Waals surface area (Å²) < 4.78 is 0. The lowest BCUT2D eigenvalue weighted by molar-refractivity contribution is 0.438. The maximum absolute atomic E-state index is 2.59. The fraction of sp³-hybridized carbons (Fsp3) is 0.250. The van der Waals surface area contributed by atoms with E-state index in [1.807, 2.05) is 0 Å². The van der Waals surface area contributed by atoms with Crippen molar-refractivity contribution in [3.05, 3.63) is 238 Å². The van der Waals surface area contributed by atoms with E-state index in [0.29, 0.717) is 0 Å². The summed E-state index contributed by atoms with van der Waals surface area (Å²) in [6.07, 6.45) is 3.19. The highest BCUT2D eigenvalue weighted by molar-refractivity contribution is 5.88. The Labute approximate surface area is 395 Å². The van der Waals surface area contributed by atoms with Gasteiger partial charge in [-0.2, -0.15) is 0 Å². The van der Waals surface area contributed by atoms with Crippen molar-refractivity contribution >= 4 is 34.1 Å². The Morgan fingerprint density at radius 1 is 0.348 bits per heavy atom. The summed E-state index contributed by atoms with van der Waals surface area (Å²) in [5, 5.41) is 0. The molecule has 2 nitrogen and oxygen atoms in total. The number of fused-ring (bicyclic) bond motifs is 3. The molecule has 332 valence electrons. The van der Waals surface area contributed by atoms with Crippen molar-refractivity contribution in [2.45, 2.75) is 105 Å². The van der Waals surface area contributed by atoms with Gasteiger partial charge in [-0.3, -0.25) is 0 Å². The van der Waals surface area contributed by atoms with Crippen LogP contribution in [-0.2, 0) is 16.2 Å². The zero-order valence-electron chi connectivity index (χ0n) is 40.8. The van der Waals surface area contributed by atoms with E-state index in [-0.39, 0.29) is 10.8 Å². The monoisotopic (exact) mass is 863 g/mol. The molecule has 8 aromatic rings. The molecule has 0 N–H and O–H groups in total. The van der Waals surface area contributed by atoms with Gasteiger partial charge in [-0.25, -0.2) is 0 Å². The molecule has 0 unspecified atom stereocenters. The summed E-state index contributed by atoms with van der Waals surface area (Å²) >= 11 is 0. The molecule has 0 aliphatic heterocycles. The average Bonchev–Trinajstić information content (AvgIpc) is 3.64. The van der Waals surface area contributed by atoms with Gasteiger partial charge in [0.2, 0.25) is 0 Å². The Kier molecular flexibility index (Phi) is 11.9. The maximum Gasteiger partial charge on any atom is 0.0713 e. The van der Waals surface area contributed by atoms with Gasteiger partial charge in [-0.05, 0) is 175 Å². The predicted octanol–water partition coefficient (Wildman–Crippen LogP) is 18.0. The zero-order chi connectivity index (χ0) is 46.4. The van der Waals surface area contributed by atoms with Crippen molar-refractivity contribution in [1.29, 1.82) is 0 Å². The van der Waals surface area contributed by atoms with Gasteiger partial charge in [-0.1, -0.05) is 173 Å². The van der Waals surface area contributed by atoms with Crippen LogP contribution in [0.4, 0.5) is 34.1 Å². The highest BCUT2D eigenvalue weighted by Gasteiger charge is 2.47. The third kappa shape index (κ3) is 7.85. The fourth-order valence-electron chi connectivity index (χ4n) is 10.2. The number of benzene rings is 8. The van der Waals surface area contributed by atoms with Crippen LogP contribution in [-0.4, -0.2) is 0 Å². The number of hydrogen-bond donors (Lipinski definition) is 0. The molecule has 0 bridgehead atoms. The van der Waals surface area contributed by atoms with Gasteiger partial charge >= 0.3 is 0 Å². The fourth-order valence-corrected chi connectivity index (χ4v) is 10.2. The number of hydrogen-bond acceptors (Lipinski definition) is 2. The second-order valence-corrected chi connectivity index (χ2v) is 19.9. The summed E-state index contributed by atoms with van der Waals surface area (Å²) in [5.41, 5.74) is 21.9. The lowest BCUT2D eigenvalue weighted by Gasteiger charge is -2.37. The van der Waals surface area contributed by atoms with Crippen LogP contribution >= 0.6 is 0 Å². The molecule has 0 saturated carbocycles. The van der Waals surface area contributed by atoms with Crippen molar-refractivity contribution in [3.8, 4) is 11.1 Å². The van der Waals surface area contributed by atoms with E-state index in [1.54, 1.807) is 0 Å². The van der Waals surface area contributed by atoms with Gasteiger partial charge in [0.15, 0.2) is 0 Å². The number of anilines is 6. The first-order valence-corrected chi connectivity index (χ1v) is 24.2. The molecule has 0 atom stereocenters. The Bertz CT molecular complexity index is 2720. The molecule has 0 spiro atoms. The molecule has 8 aromatic carbocycles. The van der Waals surface area contributed by atoms with Crippen LogP contribution in [0.15, 0.2) is 182 Å². The van der Waals surface area contributed by atoms with E-state index in [2.05, 4.69) is 261 Å². The normalized spacial score (nSPS) is 13.0. The Hall–Kier alpha value is -6.64. The van der Waals surface area contributed by atoms with Crippen molar-refractivity contribution in [1.82, 2.24) is 0 Å². The number of aryl methyl sites for hydroxylation is 4. The van der Waals surface area contributed by atoms with Gasteiger partial charge < -0.3 is 9.80 Å². The first kappa shape index (κ1) is 44.6. The topological polar surface area (TPSA) is 6.48 Å². The van der Waals surface area contributed by atoms with Gasteiger partial charge in [0.05, 0.1) is 5.41 Å². The molecule has 0 heterocycles. The molecule has 0 aromatic heterocycles. The number of nitrogens with zero attached hydrogens (tertiary/aromatic N) is 2. The first-order chi connectivity index (χ1) is 31.8. The third-order valence-corrected chi connectivity index (χ3v) is 15.3. The molecule has 66 heavy (non-hydrogen) atoms. The molecule has 0 saturated heterocycles. The molecule has 0 amide bonds. The molecule has 2 heteroatoms. The zero-order valence-corrected chi connectivity index (χ0v) is 40.8. The van der Waals surface area contributed by atoms with Crippen LogP contribution in [0.25, 0.3) is 11.1 Å². The van der Waals surface area contributed by atoms with Crippen LogP contribution in [0.3, 0.4) is 0 Å². The van der Waals surface area contributed by atoms with Crippen LogP contribution in [0.1, 0.15) is 116 Å². The molecule has 9 rings (SSSR count). The standard InChI is InChI=1S/C64H66N2/c1-11-62(8,9)50-26-40-58-59-41-27-51(63(10,12-2)13-3)43-61(59)64(60(58)42-50,48-22-36-56(37-23-48)65(52-28-14-44(4)15-29-52)53-30-16-45(5)17-31-53)49-24-38-57(39-25-49)66(54-32-18-46(6)19-33-54)55-34-20-47(7)21-35-55/h14-43H,11-13H2,1-10H3. The highest BCUT2D eigenvalue weighted by Crippen LogP contribution is 2.58. The van der Waals surface area contributed by atoms with Gasteiger partial charge in [0, 0.05) is 34.1 Å². The van der Waals surface area contributed by atoms with E-state index in [1.165, 1.54) is 66.8 Å². The maximum atomic E-state index is 2.59. The van der Waals surface area contributed by atoms with E-state index >= 15 is 0 Å². The Morgan fingerprint density at radius 3 is 0.939 bits per heavy atom. The van der Waals surface area contributed by atoms with Gasteiger partial charge in [-0.15, -0.1) is 0 Å². The van der Waals surface area contributed by atoms with Crippen molar-refractivity contribution < 1.29 is 0 Å². The minimum atomic E-state index is -0.600. The van der Waals surface area contributed by atoms with Crippen molar-refractivity contribution in [2.24, 2.45) is 0 Å². The minimum absolute atomic E-state index is 0.00255. The van der Waals surface area contributed by atoms with E-state index in [0.717, 1.165) is 53.4 Å². The van der Waals surface area contributed by atoms with Crippen LogP contribution in [0, 0.1) is 27.7 Å². The molecular weight excluding hydrogens is 797 g/mol. The molecule has 1 aliphatic carbocycles.